The number of aromatic nitrogens is 2. The van der Waals surface area contributed by atoms with Crippen molar-refractivity contribution in [3.8, 4) is 0 Å². The molecule has 1 aromatic carbocycles. The minimum absolute atomic E-state index is 0.199. The lowest BCUT2D eigenvalue weighted by atomic mass is 9.93. The molecule has 5 heteroatoms. The van der Waals surface area contributed by atoms with Crippen LogP contribution in [0.2, 0.25) is 0 Å². The summed E-state index contributed by atoms with van der Waals surface area (Å²) in [6.45, 7) is 4.86. The topological polar surface area (TPSA) is 47.5 Å². The van der Waals surface area contributed by atoms with Gasteiger partial charge in [0.25, 0.3) is 0 Å². The Kier molecular flexibility index (Phi) is 3.98. The molecule has 4 rings (SSSR count). The average Bonchev–Trinajstić information content (AvgIpc) is 2.93. The van der Waals surface area contributed by atoms with Crippen LogP contribution in [0, 0.1) is 6.92 Å². The van der Waals surface area contributed by atoms with Gasteiger partial charge in [0.2, 0.25) is 0 Å². The van der Waals surface area contributed by atoms with Crippen molar-refractivity contribution in [2.24, 2.45) is 0 Å². The van der Waals surface area contributed by atoms with Crippen LogP contribution in [-0.4, -0.2) is 36.8 Å². The van der Waals surface area contributed by atoms with Crippen molar-refractivity contribution in [3.05, 3.63) is 53.0 Å². The molecule has 1 fully saturated rings. The van der Waals surface area contributed by atoms with E-state index in [1.54, 1.807) is 7.11 Å². The van der Waals surface area contributed by atoms with Crippen molar-refractivity contribution in [3.63, 3.8) is 0 Å². The number of nitrogens with zero attached hydrogens (tertiary/aromatic N) is 3. The van der Waals surface area contributed by atoms with Gasteiger partial charge in [-0.2, -0.15) is 0 Å². The predicted octanol–water partition coefficient (Wildman–Crippen LogP) is 2.61. The number of ether oxygens (including phenoxy) is 2. The molecule has 1 unspecified atom stereocenters. The van der Waals surface area contributed by atoms with Gasteiger partial charge in [0.05, 0.1) is 13.2 Å². The summed E-state index contributed by atoms with van der Waals surface area (Å²) in [5.41, 5.74) is 3.53. The maximum absolute atomic E-state index is 6.30. The number of hydrogen-bond donors (Lipinski definition) is 0. The van der Waals surface area contributed by atoms with Gasteiger partial charge in [-0.1, -0.05) is 24.3 Å². The lowest BCUT2D eigenvalue weighted by molar-refractivity contribution is -0.0594. The first kappa shape index (κ1) is 15.5. The van der Waals surface area contributed by atoms with E-state index < -0.39 is 0 Å². The Labute approximate surface area is 142 Å². The van der Waals surface area contributed by atoms with Crippen LogP contribution in [0.5, 0.6) is 0 Å². The molecule has 0 N–H and O–H groups in total. The predicted molar refractivity (Wildman–Crippen MR) is 92.1 cm³/mol. The quantitative estimate of drug-likeness (QED) is 0.868. The van der Waals surface area contributed by atoms with Crippen LogP contribution in [0.1, 0.15) is 29.1 Å². The molecule has 1 atom stereocenters. The van der Waals surface area contributed by atoms with E-state index in [2.05, 4.69) is 40.2 Å². The second-order valence-corrected chi connectivity index (χ2v) is 6.64. The molecule has 24 heavy (non-hydrogen) atoms. The number of rotatable bonds is 3. The summed E-state index contributed by atoms with van der Waals surface area (Å²) < 4.78 is 11.5. The molecule has 1 aliphatic heterocycles. The fraction of sp³-hybridized carbons (Fsp3) is 0.474. The summed E-state index contributed by atoms with van der Waals surface area (Å²) in [6, 6.07) is 10.7. The molecule has 2 aromatic rings. The SMILES string of the molecule is COCc1nc(C)cc(N2CCOC3(CCc4ccccc43)C2)n1. The molecule has 0 saturated carbocycles. The number of anilines is 1. The van der Waals surface area contributed by atoms with Gasteiger partial charge >= 0.3 is 0 Å². The standard InChI is InChI=1S/C19H23N3O2/c1-14-11-18(21-17(20-14)12-23-2)22-9-10-24-19(13-22)8-7-15-5-3-4-6-16(15)19/h3-6,11H,7-10,12-13H2,1-2H3. The molecule has 2 aliphatic rings. The van der Waals surface area contributed by atoms with Crippen molar-refractivity contribution in [1.82, 2.24) is 9.97 Å². The highest BCUT2D eigenvalue weighted by Crippen LogP contribution is 2.42. The van der Waals surface area contributed by atoms with E-state index in [9.17, 15) is 0 Å². The highest BCUT2D eigenvalue weighted by atomic mass is 16.5. The number of benzene rings is 1. The van der Waals surface area contributed by atoms with Crippen LogP contribution in [-0.2, 0) is 28.1 Å². The van der Waals surface area contributed by atoms with Crippen molar-refractivity contribution < 1.29 is 9.47 Å². The van der Waals surface area contributed by atoms with Crippen molar-refractivity contribution >= 4 is 5.82 Å². The highest BCUT2D eigenvalue weighted by molar-refractivity contribution is 5.45. The van der Waals surface area contributed by atoms with Gasteiger partial charge in [0.15, 0.2) is 5.82 Å². The summed E-state index contributed by atoms with van der Waals surface area (Å²) in [5.74, 6) is 1.71. The van der Waals surface area contributed by atoms with Gasteiger partial charge in [-0.3, -0.25) is 0 Å². The molecule has 1 spiro atoms. The number of morpholine rings is 1. The number of aryl methyl sites for hydroxylation is 2. The number of hydrogen-bond acceptors (Lipinski definition) is 5. The maximum atomic E-state index is 6.30. The van der Waals surface area contributed by atoms with Crippen LogP contribution in [0.3, 0.4) is 0 Å². The van der Waals surface area contributed by atoms with Gasteiger partial charge in [0.1, 0.15) is 18.0 Å². The Hall–Kier alpha value is -1.98. The summed E-state index contributed by atoms with van der Waals surface area (Å²) >= 11 is 0. The third-order valence-corrected chi connectivity index (χ3v) is 4.98. The molecule has 1 aromatic heterocycles. The minimum Gasteiger partial charge on any atom is -0.377 e. The third kappa shape index (κ3) is 2.68. The fourth-order valence-electron chi connectivity index (χ4n) is 3.92. The summed E-state index contributed by atoms with van der Waals surface area (Å²) in [5, 5.41) is 0. The first-order valence-electron chi connectivity index (χ1n) is 8.51. The van der Waals surface area contributed by atoms with Gasteiger partial charge in [-0.25, -0.2) is 9.97 Å². The molecule has 126 valence electrons. The van der Waals surface area contributed by atoms with Crippen LogP contribution in [0.15, 0.2) is 30.3 Å². The number of methoxy groups -OCH3 is 1. The van der Waals surface area contributed by atoms with E-state index in [-0.39, 0.29) is 5.60 Å². The largest absolute Gasteiger partial charge is 0.377 e. The zero-order chi connectivity index (χ0) is 16.6. The van der Waals surface area contributed by atoms with E-state index in [0.29, 0.717) is 6.61 Å². The second kappa shape index (κ2) is 6.15. The van der Waals surface area contributed by atoms with E-state index >= 15 is 0 Å². The van der Waals surface area contributed by atoms with Gasteiger partial charge in [-0.15, -0.1) is 0 Å². The monoisotopic (exact) mass is 325 g/mol. The van der Waals surface area contributed by atoms with E-state index in [0.717, 1.165) is 49.9 Å². The fourth-order valence-corrected chi connectivity index (χ4v) is 3.92. The summed E-state index contributed by atoms with van der Waals surface area (Å²) in [7, 11) is 1.67. The molecular weight excluding hydrogens is 302 g/mol. The Morgan fingerprint density at radius 1 is 1.29 bits per heavy atom. The second-order valence-electron chi connectivity index (χ2n) is 6.64. The Morgan fingerprint density at radius 3 is 3.04 bits per heavy atom. The smallest absolute Gasteiger partial charge is 0.156 e. The average molecular weight is 325 g/mol. The Bertz CT molecular complexity index is 745. The molecule has 2 heterocycles. The van der Waals surface area contributed by atoms with Crippen LogP contribution in [0.4, 0.5) is 5.82 Å². The van der Waals surface area contributed by atoms with Gasteiger partial charge in [0, 0.05) is 25.4 Å². The number of fused-ring (bicyclic) bond motifs is 2. The van der Waals surface area contributed by atoms with Crippen molar-refractivity contribution in [2.45, 2.75) is 32.0 Å². The lowest BCUT2D eigenvalue weighted by Crippen LogP contribution is -2.49. The normalized spacial score (nSPS) is 22.8. The minimum atomic E-state index is -0.199. The van der Waals surface area contributed by atoms with Gasteiger partial charge < -0.3 is 14.4 Å². The summed E-state index contributed by atoms with van der Waals surface area (Å²) in [6.07, 6.45) is 2.12. The van der Waals surface area contributed by atoms with Crippen LogP contribution in [0.25, 0.3) is 0 Å². The molecule has 1 aliphatic carbocycles. The molecule has 0 amide bonds. The van der Waals surface area contributed by atoms with E-state index in [4.69, 9.17) is 14.5 Å². The summed E-state index contributed by atoms with van der Waals surface area (Å²) in [4.78, 5) is 11.5. The first-order valence-corrected chi connectivity index (χ1v) is 8.51. The van der Waals surface area contributed by atoms with Crippen molar-refractivity contribution in [1.29, 1.82) is 0 Å². The zero-order valence-electron chi connectivity index (χ0n) is 14.3. The van der Waals surface area contributed by atoms with Crippen LogP contribution >= 0.6 is 0 Å². The molecule has 0 radical (unpaired) electrons. The molecular formula is C19H23N3O2. The van der Waals surface area contributed by atoms with E-state index in [1.165, 1.54) is 11.1 Å². The maximum Gasteiger partial charge on any atom is 0.156 e. The van der Waals surface area contributed by atoms with Crippen molar-refractivity contribution in [2.75, 3.05) is 31.7 Å². The molecule has 5 nitrogen and oxygen atoms in total. The Balaban J connectivity index is 1.65. The molecule has 0 bridgehead atoms. The van der Waals surface area contributed by atoms with Crippen LogP contribution < -0.4 is 4.90 Å². The molecule has 1 saturated heterocycles. The third-order valence-electron chi connectivity index (χ3n) is 4.98. The van der Waals surface area contributed by atoms with E-state index in [1.807, 2.05) is 6.92 Å². The lowest BCUT2D eigenvalue weighted by Gasteiger charge is -2.41. The zero-order valence-corrected chi connectivity index (χ0v) is 14.3. The highest BCUT2D eigenvalue weighted by Gasteiger charge is 2.43. The Morgan fingerprint density at radius 2 is 2.17 bits per heavy atom. The van der Waals surface area contributed by atoms with Gasteiger partial charge in [-0.05, 0) is 30.9 Å². The first-order chi connectivity index (χ1) is 11.7.